The maximum absolute atomic E-state index is 11.9. The smallest absolute Gasteiger partial charge is 0.251 e. The molecule has 6 heteroatoms. The van der Waals surface area contributed by atoms with Gasteiger partial charge in [0, 0.05) is 24.4 Å². The van der Waals surface area contributed by atoms with Crippen molar-refractivity contribution in [3.63, 3.8) is 0 Å². The van der Waals surface area contributed by atoms with Gasteiger partial charge in [-0.25, -0.2) is 8.42 Å². The van der Waals surface area contributed by atoms with Crippen LogP contribution in [0.2, 0.25) is 0 Å². The fraction of sp³-hybridized carbons (Fsp3) is 0.500. The Morgan fingerprint density at radius 1 is 1.30 bits per heavy atom. The van der Waals surface area contributed by atoms with E-state index in [-0.39, 0.29) is 10.8 Å². The van der Waals surface area contributed by atoms with Crippen molar-refractivity contribution in [2.24, 2.45) is 0 Å². The van der Waals surface area contributed by atoms with E-state index in [2.05, 4.69) is 10.6 Å². The van der Waals surface area contributed by atoms with Crippen molar-refractivity contribution in [1.29, 1.82) is 0 Å². The SMILES string of the molecule is CS(=O)(=O)c1cccc(C(=O)NCCCNC2CC2)c1. The van der Waals surface area contributed by atoms with Crippen molar-refractivity contribution in [1.82, 2.24) is 10.6 Å². The molecule has 2 N–H and O–H groups in total. The lowest BCUT2D eigenvalue weighted by atomic mass is 10.2. The van der Waals surface area contributed by atoms with Crippen LogP contribution < -0.4 is 10.6 Å². The first-order chi connectivity index (χ1) is 9.47. The molecular weight excluding hydrogens is 276 g/mol. The summed E-state index contributed by atoms with van der Waals surface area (Å²) in [5.74, 6) is -0.234. The third-order valence-corrected chi connectivity index (χ3v) is 4.28. The highest BCUT2D eigenvalue weighted by Gasteiger charge is 2.19. The number of nitrogens with one attached hydrogen (secondary N) is 2. The molecule has 0 unspecified atom stereocenters. The van der Waals surface area contributed by atoms with Gasteiger partial charge in [0.15, 0.2) is 9.84 Å². The minimum atomic E-state index is -3.28. The molecule has 0 spiro atoms. The van der Waals surface area contributed by atoms with Gasteiger partial charge in [-0.15, -0.1) is 0 Å². The number of carbonyl (C=O) groups excluding carboxylic acids is 1. The fourth-order valence-electron chi connectivity index (χ4n) is 1.85. The van der Waals surface area contributed by atoms with Crippen LogP contribution in [0.5, 0.6) is 0 Å². The van der Waals surface area contributed by atoms with Crippen LogP contribution in [-0.4, -0.2) is 39.7 Å². The van der Waals surface area contributed by atoms with Gasteiger partial charge in [-0.05, 0) is 44.0 Å². The van der Waals surface area contributed by atoms with Gasteiger partial charge in [-0.3, -0.25) is 4.79 Å². The van der Waals surface area contributed by atoms with Crippen LogP contribution in [0, 0.1) is 0 Å². The zero-order chi connectivity index (χ0) is 14.6. The van der Waals surface area contributed by atoms with E-state index in [0.717, 1.165) is 19.2 Å². The average Bonchev–Trinajstić information content (AvgIpc) is 3.21. The Morgan fingerprint density at radius 3 is 2.70 bits per heavy atom. The van der Waals surface area contributed by atoms with E-state index in [4.69, 9.17) is 0 Å². The molecule has 0 bridgehead atoms. The number of amides is 1. The minimum Gasteiger partial charge on any atom is -0.352 e. The van der Waals surface area contributed by atoms with E-state index in [9.17, 15) is 13.2 Å². The van der Waals surface area contributed by atoms with Crippen LogP contribution in [0.25, 0.3) is 0 Å². The van der Waals surface area contributed by atoms with Crippen LogP contribution >= 0.6 is 0 Å². The van der Waals surface area contributed by atoms with Crippen LogP contribution in [-0.2, 0) is 9.84 Å². The number of hydrogen-bond acceptors (Lipinski definition) is 4. The largest absolute Gasteiger partial charge is 0.352 e. The highest BCUT2D eigenvalue weighted by Crippen LogP contribution is 2.18. The van der Waals surface area contributed by atoms with Gasteiger partial charge in [0.2, 0.25) is 0 Å². The molecule has 110 valence electrons. The highest BCUT2D eigenvalue weighted by molar-refractivity contribution is 7.90. The fourth-order valence-corrected chi connectivity index (χ4v) is 2.52. The number of rotatable bonds is 7. The number of carbonyl (C=O) groups is 1. The Hall–Kier alpha value is -1.40. The van der Waals surface area contributed by atoms with Crippen molar-refractivity contribution < 1.29 is 13.2 Å². The van der Waals surface area contributed by atoms with Gasteiger partial charge in [-0.1, -0.05) is 6.07 Å². The first-order valence-corrected chi connectivity index (χ1v) is 8.67. The molecule has 0 aliphatic heterocycles. The summed E-state index contributed by atoms with van der Waals surface area (Å²) >= 11 is 0. The standard InChI is InChI=1S/C14H20N2O3S/c1-20(18,19)13-5-2-4-11(10-13)14(17)16-9-3-8-15-12-6-7-12/h2,4-5,10,12,15H,3,6-9H2,1H3,(H,16,17). The molecule has 2 rings (SSSR count). The first kappa shape index (κ1) is 15.0. The number of sulfone groups is 1. The Kier molecular flexibility index (Phi) is 4.77. The second-order valence-electron chi connectivity index (χ2n) is 5.14. The van der Waals surface area contributed by atoms with Crippen LogP contribution in [0.4, 0.5) is 0 Å². The summed E-state index contributed by atoms with van der Waals surface area (Å²) in [5, 5.41) is 6.17. The lowest BCUT2D eigenvalue weighted by Gasteiger charge is -2.07. The second kappa shape index (κ2) is 6.37. The van der Waals surface area contributed by atoms with Crippen molar-refractivity contribution in [2.45, 2.75) is 30.2 Å². The summed E-state index contributed by atoms with van der Waals surface area (Å²) in [6.07, 6.45) is 4.51. The Labute approximate surface area is 119 Å². The Morgan fingerprint density at radius 2 is 2.05 bits per heavy atom. The molecule has 1 saturated carbocycles. The monoisotopic (exact) mass is 296 g/mol. The molecule has 20 heavy (non-hydrogen) atoms. The first-order valence-electron chi connectivity index (χ1n) is 6.78. The van der Waals surface area contributed by atoms with E-state index < -0.39 is 9.84 Å². The molecule has 0 heterocycles. The molecule has 0 saturated heterocycles. The maximum atomic E-state index is 11.9. The molecule has 1 aromatic carbocycles. The molecule has 1 amide bonds. The quantitative estimate of drug-likeness (QED) is 0.735. The summed E-state index contributed by atoms with van der Waals surface area (Å²) in [7, 11) is -3.28. The summed E-state index contributed by atoms with van der Waals surface area (Å²) in [6, 6.07) is 6.78. The number of benzene rings is 1. The summed E-state index contributed by atoms with van der Waals surface area (Å²) in [6.45, 7) is 1.48. The molecule has 1 aliphatic carbocycles. The molecular formula is C14H20N2O3S. The lowest BCUT2D eigenvalue weighted by Crippen LogP contribution is -2.28. The maximum Gasteiger partial charge on any atom is 0.251 e. The van der Waals surface area contributed by atoms with Crippen LogP contribution in [0.15, 0.2) is 29.2 Å². The molecule has 5 nitrogen and oxygen atoms in total. The van der Waals surface area contributed by atoms with Gasteiger partial charge in [-0.2, -0.15) is 0 Å². The zero-order valence-corrected chi connectivity index (χ0v) is 12.4. The average molecular weight is 296 g/mol. The Bertz CT molecular complexity index is 580. The molecule has 1 aliphatic rings. The van der Waals surface area contributed by atoms with Gasteiger partial charge < -0.3 is 10.6 Å². The normalized spacial score (nSPS) is 15.1. The zero-order valence-electron chi connectivity index (χ0n) is 11.6. The lowest BCUT2D eigenvalue weighted by molar-refractivity contribution is 0.0953. The molecule has 0 atom stereocenters. The van der Waals surface area contributed by atoms with Crippen molar-refractivity contribution >= 4 is 15.7 Å². The predicted molar refractivity (Wildman–Crippen MR) is 77.5 cm³/mol. The van der Waals surface area contributed by atoms with E-state index in [1.165, 1.54) is 25.0 Å². The molecule has 0 radical (unpaired) electrons. The van der Waals surface area contributed by atoms with E-state index in [0.29, 0.717) is 18.2 Å². The van der Waals surface area contributed by atoms with Crippen LogP contribution in [0.3, 0.4) is 0 Å². The summed E-state index contributed by atoms with van der Waals surface area (Å²) in [5.41, 5.74) is 0.378. The van der Waals surface area contributed by atoms with Crippen LogP contribution in [0.1, 0.15) is 29.6 Å². The highest BCUT2D eigenvalue weighted by atomic mass is 32.2. The third-order valence-electron chi connectivity index (χ3n) is 3.17. The van der Waals surface area contributed by atoms with Gasteiger partial charge in [0.25, 0.3) is 5.91 Å². The van der Waals surface area contributed by atoms with E-state index in [1.807, 2.05) is 0 Å². The molecule has 1 fully saturated rings. The summed E-state index contributed by atoms with van der Waals surface area (Å²) < 4.78 is 22.9. The molecule has 0 aromatic heterocycles. The topological polar surface area (TPSA) is 75.3 Å². The van der Waals surface area contributed by atoms with Crippen molar-refractivity contribution in [3.8, 4) is 0 Å². The van der Waals surface area contributed by atoms with E-state index in [1.54, 1.807) is 12.1 Å². The van der Waals surface area contributed by atoms with Crippen molar-refractivity contribution in [2.75, 3.05) is 19.3 Å². The number of hydrogen-bond donors (Lipinski definition) is 2. The summed E-state index contributed by atoms with van der Waals surface area (Å²) in [4.78, 5) is 12.1. The van der Waals surface area contributed by atoms with Gasteiger partial charge in [0.05, 0.1) is 4.90 Å². The molecule has 1 aromatic rings. The van der Waals surface area contributed by atoms with Crippen molar-refractivity contribution in [3.05, 3.63) is 29.8 Å². The predicted octanol–water partition coefficient (Wildman–Crippen LogP) is 0.962. The minimum absolute atomic E-state index is 0.167. The van der Waals surface area contributed by atoms with Gasteiger partial charge in [0.1, 0.15) is 0 Å². The van der Waals surface area contributed by atoms with Gasteiger partial charge >= 0.3 is 0 Å². The third kappa shape index (κ3) is 4.61. The second-order valence-corrected chi connectivity index (χ2v) is 7.15. The van der Waals surface area contributed by atoms with E-state index >= 15 is 0 Å². The Balaban J connectivity index is 1.82.